The first-order valence-electron chi connectivity index (χ1n) is 5.61. The van der Waals surface area contributed by atoms with Gasteiger partial charge in [0.2, 0.25) is 0 Å². The van der Waals surface area contributed by atoms with Gasteiger partial charge in [-0.25, -0.2) is 0 Å². The van der Waals surface area contributed by atoms with Crippen LogP contribution in [0.25, 0.3) is 0 Å². The molecule has 0 atom stereocenters. The number of hydrogen-bond donors (Lipinski definition) is 0. The molecule has 0 saturated carbocycles. The molecule has 1 aromatic rings. The van der Waals surface area contributed by atoms with E-state index >= 15 is 0 Å². The second-order valence-electron chi connectivity index (χ2n) is 4.98. The first-order chi connectivity index (χ1) is 7.38. The Morgan fingerprint density at radius 3 is 2.31 bits per heavy atom. The largest absolute Gasteiger partial charge is 0.497 e. The summed E-state index contributed by atoms with van der Waals surface area (Å²) in [5.74, 6) is 0.911. The highest BCUT2D eigenvalue weighted by Crippen LogP contribution is 2.28. The van der Waals surface area contributed by atoms with Gasteiger partial charge in [-0.1, -0.05) is 27.7 Å². The molecule has 0 fully saturated rings. The van der Waals surface area contributed by atoms with Gasteiger partial charge in [-0.3, -0.25) is 4.79 Å². The van der Waals surface area contributed by atoms with Crippen LogP contribution in [0, 0.1) is 0 Å². The molecule has 0 N–H and O–H groups in total. The van der Waals surface area contributed by atoms with Crippen LogP contribution in [-0.2, 0) is 5.41 Å². The predicted octanol–water partition coefficient (Wildman–Crippen LogP) is 3.59. The van der Waals surface area contributed by atoms with E-state index in [2.05, 4.69) is 20.8 Å². The first-order valence-corrected chi connectivity index (χ1v) is 5.61. The number of carbonyl (C=O) groups excluding carboxylic acids is 1. The number of methoxy groups -OCH3 is 1. The van der Waals surface area contributed by atoms with Crippen LogP contribution in [0.3, 0.4) is 0 Å². The van der Waals surface area contributed by atoms with E-state index in [9.17, 15) is 4.79 Å². The van der Waals surface area contributed by atoms with Crippen molar-refractivity contribution in [2.45, 2.75) is 39.5 Å². The van der Waals surface area contributed by atoms with Crippen molar-refractivity contribution in [2.75, 3.05) is 7.11 Å². The standard InChI is InChI=1S/C14H20O2/c1-6-13(15)10-7-11(14(2,3)4)9-12(8-10)16-5/h7-9H,6H2,1-5H3. The van der Waals surface area contributed by atoms with Gasteiger partial charge in [0.25, 0.3) is 0 Å². The summed E-state index contributed by atoms with van der Waals surface area (Å²) in [6.07, 6.45) is 0.525. The minimum atomic E-state index is 0.0251. The lowest BCUT2D eigenvalue weighted by Crippen LogP contribution is -2.12. The summed E-state index contributed by atoms with van der Waals surface area (Å²) in [6, 6.07) is 5.77. The van der Waals surface area contributed by atoms with Crippen molar-refractivity contribution in [1.29, 1.82) is 0 Å². The van der Waals surface area contributed by atoms with E-state index in [0.29, 0.717) is 6.42 Å². The van der Waals surface area contributed by atoms with Crippen LogP contribution in [0.1, 0.15) is 50.0 Å². The summed E-state index contributed by atoms with van der Waals surface area (Å²) < 4.78 is 5.23. The SMILES string of the molecule is CCC(=O)c1cc(OC)cc(C(C)(C)C)c1. The molecule has 0 amide bonds. The van der Waals surface area contributed by atoms with E-state index < -0.39 is 0 Å². The van der Waals surface area contributed by atoms with E-state index in [0.717, 1.165) is 16.9 Å². The van der Waals surface area contributed by atoms with E-state index in [1.54, 1.807) is 13.2 Å². The number of benzene rings is 1. The van der Waals surface area contributed by atoms with Gasteiger partial charge in [0.15, 0.2) is 5.78 Å². The van der Waals surface area contributed by atoms with Gasteiger partial charge in [-0.15, -0.1) is 0 Å². The molecule has 0 bridgehead atoms. The average Bonchev–Trinajstić information content (AvgIpc) is 2.26. The third-order valence-electron chi connectivity index (χ3n) is 2.65. The van der Waals surface area contributed by atoms with Gasteiger partial charge in [-0.2, -0.15) is 0 Å². The zero-order valence-electron chi connectivity index (χ0n) is 10.8. The van der Waals surface area contributed by atoms with Crippen molar-refractivity contribution in [1.82, 2.24) is 0 Å². The molecule has 0 heterocycles. The molecule has 0 unspecified atom stereocenters. The Morgan fingerprint density at radius 1 is 1.25 bits per heavy atom. The fourth-order valence-corrected chi connectivity index (χ4v) is 1.52. The fourth-order valence-electron chi connectivity index (χ4n) is 1.52. The number of Topliss-reactive ketones (excluding diaryl/α,β-unsaturated/α-hetero) is 1. The lowest BCUT2D eigenvalue weighted by molar-refractivity contribution is 0.0987. The molecule has 0 aromatic heterocycles. The van der Waals surface area contributed by atoms with E-state index in [-0.39, 0.29) is 11.2 Å². The molecule has 2 nitrogen and oxygen atoms in total. The van der Waals surface area contributed by atoms with Gasteiger partial charge in [0.1, 0.15) is 5.75 Å². The lowest BCUT2D eigenvalue weighted by atomic mass is 9.85. The van der Waals surface area contributed by atoms with E-state index in [1.165, 1.54) is 0 Å². The van der Waals surface area contributed by atoms with Gasteiger partial charge in [0, 0.05) is 12.0 Å². The van der Waals surface area contributed by atoms with Crippen LogP contribution in [0.5, 0.6) is 5.75 Å². The summed E-state index contributed by atoms with van der Waals surface area (Å²) in [6.45, 7) is 8.25. The summed E-state index contributed by atoms with van der Waals surface area (Å²) in [7, 11) is 1.63. The zero-order chi connectivity index (χ0) is 12.3. The molecule has 1 aromatic carbocycles. The quantitative estimate of drug-likeness (QED) is 0.728. The second kappa shape index (κ2) is 4.69. The Bertz CT molecular complexity index is 386. The molecule has 0 aliphatic carbocycles. The van der Waals surface area contributed by atoms with Crippen LogP contribution in [0.4, 0.5) is 0 Å². The summed E-state index contributed by atoms with van der Waals surface area (Å²) in [5, 5.41) is 0. The molecule has 0 aliphatic heterocycles. The Labute approximate surface area is 97.6 Å². The van der Waals surface area contributed by atoms with Crippen molar-refractivity contribution in [3.05, 3.63) is 29.3 Å². The van der Waals surface area contributed by atoms with Crippen molar-refractivity contribution in [3.8, 4) is 5.75 Å². The number of ether oxygens (including phenoxy) is 1. The molecule has 0 aliphatic rings. The maximum absolute atomic E-state index is 11.7. The molecular formula is C14H20O2. The molecule has 2 heteroatoms. The fraction of sp³-hybridized carbons (Fsp3) is 0.500. The van der Waals surface area contributed by atoms with E-state index in [4.69, 9.17) is 4.74 Å². The number of ketones is 1. The molecule has 88 valence electrons. The van der Waals surface area contributed by atoms with Crippen LogP contribution in [0.2, 0.25) is 0 Å². The molecule has 16 heavy (non-hydrogen) atoms. The third kappa shape index (κ3) is 2.84. The smallest absolute Gasteiger partial charge is 0.162 e. The monoisotopic (exact) mass is 220 g/mol. The minimum absolute atomic E-state index is 0.0251. The lowest BCUT2D eigenvalue weighted by Gasteiger charge is -2.20. The molecular weight excluding hydrogens is 200 g/mol. The van der Waals surface area contributed by atoms with Gasteiger partial charge >= 0.3 is 0 Å². The van der Waals surface area contributed by atoms with Crippen molar-refractivity contribution < 1.29 is 9.53 Å². The van der Waals surface area contributed by atoms with Gasteiger partial charge in [0.05, 0.1) is 7.11 Å². The Morgan fingerprint density at radius 2 is 1.88 bits per heavy atom. The number of hydrogen-bond acceptors (Lipinski definition) is 2. The van der Waals surface area contributed by atoms with Crippen LogP contribution in [0.15, 0.2) is 18.2 Å². The maximum Gasteiger partial charge on any atom is 0.162 e. The molecule has 0 spiro atoms. The highest BCUT2D eigenvalue weighted by molar-refractivity contribution is 5.96. The van der Waals surface area contributed by atoms with Crippen LogP contribution in [-0.4, -0.2) is 12.9 Å². The van der Waals surface area contributed by atoms with Crippen molar-refractivity contribution in [3.63, 3.8) is 0 Å². The summed E-state index contributed by atoms with van der Waals surface area (Å²) in [4.78, 5) is 11.7. The van der Waals surface area contributed by atoms with E-state index in [1.807, 2.05) is 19.1 Å². The van der Waals surface area contributed by atoms with Crippen LogP contribution >= 0.6 is 0 Å². The molecule has 0 saturated heterocycles. The normalized spacial score (nSPS) is 11.3. The highest BCUT2D eigenvalue weighted by Gasteiger charge is 2.17. The Balaban J connectivity index is 3.27. The summed E-state index contributed by atoms with van der Waals surface area (Å²) in [5.41, 5.74) is 1.90. The molecule has 0 radical (unpaired) electrons. The minimum Gasteiger partial charge on any atom is -0.497 e. The average molecular weight is 220 g/mol. The van der Waals surface area contributed by atoms with Gasteiger partial charge < -0.3 is 4.74 Å². The number of carbonyl (C=O) groups is 1. The second-order valence-corrected chi connectivity index (χ2v) is 4.98. The van der Waals surface area contributed by atoms with Crippen LogP contribution < -0.4 is 4.74 Å². The number of rotatable bonds is 3. The Hall–Kier alpha value is -1.31. The molecule has 1 rings (SSSR count). The highest BCUT2D eigenvalue weighted by atomic mass is 16.5. The topological polar surface area (TPSA) is 26.3 Å². The zero-order valence-corrected chi connectivity index (χ0v) is 10.8. The van der Waals surface area contributed by atoms with Gasteiger partial charge in [-0.05, 0) is 29.2 Å². The summed E-state index contributed by atoms with van der Waals surface area (Å²) >= 11 is 0. The predicted molar refractivity (Wildman–Crippen MR) is 66.3 cm³/mol. The van der Waals surface area contributed by atoms with Crippen molar-refractivity contribution >= 4 is 5.78 Å². The third-order valence-corrected chi connectivity index (χ3v) is 2.65. The maximum atomic E-state index is 11.7. The first kappa shape index (κ1) is 12.8. The Kier molecular flexibility index (Phi) is 3.74. The van der Waals surface area contributed by atoms with Crippen molar-refractivity contribution in [2.24, 2.45) is 0 Å².